The molecule has 0 saturated carbocycles. The van der Waals surface area contributed by atoms with Crippen LogP contribution in [0.15, 0.2) is 36.5 Å². The van der Waals surface area contributed by atoms with E-state index in [4.69, 9.17) is 5.11 Å². The summed E-state index contributed by atoms with van der Waals surface area (Å²) in [5.74, 6) is -0.742. The molecule has 0 spiro atoms. The summed E-state index contributed by atoms with van der Waals surface area (Å²) in [4.78, 5) is 22.8. The normalized spacial score (nSPS) is 11.2. The molecule has 1 aromatic heterocycles. The number of carboxylic acid groups (broad SMARTS) is 1. The van der Waals surface area contributed by atoms with Crippen LogP contribution in [0.4, 0.5) is 15.0 Å². The lowest BCUT2D eigenvalue weighted by molar-refractivity contribution is -0.137. The zero-order valence-corrected chi connectivity index (χ0v) is 14.1. The Morgan fingerprint density at radius 2 is 1.92 bits per heavy atom. The van der Waals surface area contributed by atoms with E-state index in [9.17, 15) is 14.0 Å². The average Bonchev–Trinajstić information content (AvgIpc) is 2.94. The highest BCUT2D eigenvalue weighted by Gasteiger charge is 2.22. The fourth-order valence-electron chi connectivity index (χ4n) is 2.26. The van der Waals surface area contributed by atoms with Crippen LogP contribution in [0.3, 0.4) is 0 Å². The Balaban J connectivity index is 1.96. The standard InChI is InChI=1S/C17H21FN4O3/c1-17(2,9-7-15(23)24)21-16(25)20-14-8-10-19-22(14)11-12-3-5-13(18)6-4-12/h3-6,8,10H,7,9,11H2,1-2H3,(H,23,24)(H2,20,21,25). The van der Waals surface area contributed by atoms with Gasteiger partial charge in [-0.25, -0.2) is 13.9 Å². The Morgan fingerprint density at radius 1 is 1.24 bits per heavy atom. The summed E-state index contributed by atoms with van der Waals surface area (Å²) in [5.41, 5.74) is 0.180. The molecule has 2 rings (SSSR count). The smallest absolute Gasteiger partial charge is 0.320 e. The molecular formula is C17H21FN4O3. The van der Waals surface area contributed by atoms with E-state index in [1.807, 2.05) is 0 Å². The van der Waals surface area contributed by atoms with E-state index in [-0.39, 0.29) is 12.2 Å². The molecule has 8 heteroatoms. The molecule has 0 radical (unpaired) electrons. The Morgan fingerprint density at radius 3 is 2.56 bits per heavy atom. The number of halogens is 1. The van der Waals surface area contributed by atoms with Crippen LogP contribution in [0.25, 0.3) is 0 Å². The number of hydrogen-bond acceptors (Lipinski definition) is 3. The Kier molecular flexibility index (Phi) is 5.74. The van der Waals surface area contributed by atoms with E-state index in [1.165, 1.54) is 12.1 Å². The SMILES string of the molecule is CC(C)(CCC(=O)O)NC(=O)Nc1ccnn1Cc1ccc(F)cc1. The number of aliphatic carboxylic acids is 1. The first-order valence-corrected chi connectivity index (χ1v) is 7.82. The number of hydrogen-bond donors (Lipinski definition) is 3. The first kappa shape index (κ1) is 18.4. The van der Waals surface area contributed by atoms with Gasteiger partial charge < -0.3 is 10.4 Å². The maximum Gasteiger partial charge on any atom is 0.320 e. The fraction of sp³-hybridized carbons (Fsp3) is 0.353. The van der Waals surface area contributed by atoms with E-state index >= 15 is 0 Å². The number of carboxylic acids is 1. The molecule has 2 amide bonds. The van der Waals surface area contributed by atoms with Crippen LogP contribution < -0.4 is 10.6 Å². The van der Waals surface area contributed by atoms with Crippen molar-refractivity contribution in [2.45, 2.75) is 38.8 Å². The van der Waals surface area contributed by atoms with Crippen LogP contribution in [-0.2, 0) is 11.3 Å². The summed E-state index contributed by atoms with van der Waals surface area (Å²) in [6.07, 6.45) is 1.83. The Labute approximate surface area is 144 Å². The molecule has 7 nitrogen and oxygen atoms in total. The molecule has 25 heavy (non-hydrogen) atoms. The van der Waals surface area contributed by atoms with Crippen molar-refractivity contribution in [3.63, 3.8) is 0 Å². The molecule has 0 aliphatic heterocycles. The third kappa shape index (κ3) is 5.91. The van der Waals surface area contributed by atoms with Crippen molar-refractivity contribution in [1.29, 1.82) is 0 Å². The maximum atomic E-state index is 13.0. The first-order valence-electron chi connectivity index (χ1n) is 7.82. The predicted molar refractivity (Wildman–Crippen MR) is 90.8 cm³/mol. The summed E-state index contributed by atoms with van der Waals surface area (Å²) in [6, 6.07) is 7.23. The molecule has 134 valence electrons. The quantitative estimate of drug-likeness (QED) is 0.717. The number of anilines is 1. The number of nitrogens with zero attached hydrogens (tertiary/aromatic N) is 2. The minimum atomic E-state index is -0.910. The van der Waals surface area contributed by atoms with Crippen molar-refractivity contribution in [1.82, 2.24) is 15.1 Å². The van der Waals surface area contributed by atoms with E-state index in [0.29, 0.717) is 18.8 Å². The van der Waals surface area contributed by atoms with Crippen molar-refractivity contribution < 1.29 is 19.1 Å². The fourth-order valence-corrected chi connectivity index (χ4v) is 2.26. The number of rotatable bonds is 7. The van der Waals surface area contributed by atoms with E-state index < -0.39 is 17.5 Å². The summed E-state index contributed by atoms with van der Waals surface area (Å²) in [7, 11) is 0. The number of aromatic nitrogens is 2. The van der Waals surface area contributed by atoms with Crippen LogP contribution in [0.2, 0.25) is 0 Å². The molecule has 3 N–H and O–H groups in total. The van der Waals surface area contributed by atoms with Gasteiger partial charge in [0, 0.05) is 18.0 Å². The highest BCUT2D eigenvalue weighted by Crippen LogP contribution is 2.14. The molecule has 0 aliphatic rings. The molecule has 0 bridgehead atoms. The van der Waals surface area contributed by atoms with Crippen molar-refractivity contribution >= 4 is 17.8 Å². The monoisotopic (exact) mass is 348 g/mol. The molecule has 1 aromatic carbocycles. The van der Waals surface area contributed by atoms with Gasteiger partial charge in [-0.05, 0) is 38.0 Å². The topological polar surface area (TPSA) is 96.2 Å². The van der Waals surface area contributed by atoms with Crippen LogP contribution in [-0.4, -0.2) is 32.4 Å². The van der Waals surface area contributed by atoms with Gasteiger partial charge >= 0.3 is 12.0 Å². The van der Waals surface area contributed by atoms with Gasteiger partial charge in [0.05, 0.1) is 12.7 Å². The van der Waals surface area contributed by atoms with Crippen molar-refractivity contribution in [3.8, 4) is 0 Å². The molecule has 0 aliphatic carbocycles. The molecule has 0 atom stereocenters. The maximum absolute atomic E-state index is 13.0. The van der Waals surface area contributed by atoms with Gasteiger partial charge in [-0.2, -0.15) is 5.10 Å². The molecule has 0 fully saturated rings. The van der Waals surface area contributed by atoms with E-state index in [0.717, 1.165) is 5.56 Å². The van der Waals surface area contributed by atoms with Crippen LogP contribution >= 0.6 is 0 Å². The van der Waals surface area contributed by atoms with Gasteiger partial charge in [0.15, 0.2) is 0 Å². The number of amides is 2. The Hall–Kier alpha value is -2.90. The summed E-state index contributed by atoms with van der Waals surface area (Å²) in [5, 5.41) is 18.3. The second-order valence-electron chi connectivity index (χ2n) is 6.36. The van der Waals surface area contributed by atoms with Gasteiger partial charge in [-0.1, -0.05) is 12.1 Å². The number of benzene rings is 1. The van der Waals surface area contributed by atoms with E-state index in [1.54, 1.807) is 42.9 Å². The van der Waals surface area contributed by atoms with Crippen LogP contribution in [0.1, 0.15) is 32.3 Å². The third-order valence-corrected chi connectivity index (χ3v) is 3.62. The molecular weight excluding hydrogens is 327 g/mol. The number of carbonyl (C=O) groups excluding carboxylic acids is 1. The third-order valence-electron chi connectivity index (χ3n) is 3.62. The van der Waals surface area contributed by atoms with E-state index in [2.05, 4.69) is 15.7 Å². The van der Waals surface area contributed by atoms with Gasteiger partial charge in [0.1, 0.15) is 11.6 Å². The minimum Gasteiger partial charge on any atom is -0.481 e. The molecule has 0 unspecified atom stereocenters. The largest absolute Gasteiger partial charge is 0.481 e. The zero-order valence-electron chi connectivity index (χ0n) is 14.1. The molecule has 1 heterocycles. The zero-order chi connectivity index (χ0) is 18.4. The lowest BCUT2D eigenvalue weighted by Crippen LogP contribution is -2.46. The lowest BCUT2D eigenvalue weighted by atomic mass is 9.99. The van der Waals surface area contributed by atoms with Gasteiger partial charge in [-0.3, -0.25) is 10.1 Å². The second-order valence-corrected chi connectivity index (χ2v) is 6.36. The first-order chi connectivity index (χ1) is 11.7. The number of urea groups is 1. The minimum absolute atomic E-state index is 0.0320. The van der Waals surface area contributed by atoms with Crippen molar-refractivity contribution in [3.05, 3.63) is 47.9 Å². The highest BCUT2D eigenvalue weighted by molar-refractivity contribution is 5.88. The molecule has 0 saturated heterocycles. The average molecular weight is 348 g/mol. The van der Waals surface area contributed by atoms with Crippen molar-refractivity contribution in [2.75, 3.05) is 5.32 Å². The Bertz CT molecular complexity index is 741. The van der Waals surface area contributed by atoms with Gasteiger partial charge in [0.2, 0.25) is 0 Å². The van der Waals surface area contributed by atoms with Gasteiger partial charge in [0.25, 0.3) is 0 Å². The van der Waals surface area contributed by atoms with Crippen LogP contribution in [0.5, 0.6) is 0 Å². The number of nitrogens with one attached hydrogen (secondary N) is 2. The predicted octanol–water partition coefficient (Wildman–Crippen LogP) is 2.84. The summed E-state index contributed by atoms with van der Waals surface area (Å²) in [6.45, 7) is 3.89. The van der Waals surface area contributed by atoms with Crippen LogP contribution in [0, 0.1) is 5.82 Å². The van der Waals surface area contributed by atoms with Gasteiger partial charge in [-0.15, -0.1) is 0 Å². The summed E-state index contributed by atoms with van der Waals surface area (Å²) >= 11 is 0. The van der Waals surface area contributed by atoms with Crippen molar-refractivity contribution in [2.24, 2.45) is 0 Å². The molecule has 2 aromatic rings. The number of carbonyl (C=O) groups is 2. The lowest BCUT2D eigenvalue weighted by Gasteiger charge is -2.25. The second kappa shape index (κ2) is 7.78. The highest BCUT2D eigenvalue weighted by atomic mass is 19.1. The summed E-state index contributed by atoms with van der Waals surface area (Å²) < 4.78 is 14.5.